The molecule has 0 spiro atoms. The number of nitro benzene ring substituents is 2. The van der Waals surface area contributed by atoms with E-state index in [1.54, 1.807) is 20.7 Å². The fourth-order valence-electron chi connectivity index (χ4n) is 9.16. The molecule has 3 fully saturated rings. The summed E-state index contributed by atoms with van der Waals surface area (Å²) >= 11 is 5.94. The van der Waals surface area contributed by atoms with Gasteiger partial charge in [0.2, 0.25) is 30.1 Å². The number of aryl methyl sites for hydroxylation is 3. The van der Waals surface area contributed by atoms with Gasteiger partial charge in [0.05, 0.1) is 27.9 Å². The number of rotatable bonds is 12. The molecule has 0 unspecified atom stereocenters. The number of piperidine rings is 3. The maximum Gasteiger partial charge on any atom is 0.296 e. The van der Waals surface area contributed by atoms with E-state index in [0.717, 1.165) is 54.5 Å². The zero-order valence-corrected chi connectivity index (χ0v) is 43.1. The normalized spacial score (nSPS) is 17.8. The maximum atomic E-state index is 12.9. The summed E-state index contributed by atoms with van der Waals surface area (Å²) in [6, 6.07) is 11.2. The number of hydrogen-bond acceptors (Lipinski definition) is 11. The predicted molar refractivity (Wildman–Crippen MR) is 257 cm³/mol. The van der Waals surface area contributed by atoms with Crippen molar-refractivity contribution in [3.63, 3.8) is 0 Å². The molecule has 6 rings (SSSR count). The van der Waals surface area contributed by atoms with Gasteiger partial charge in [0, 0.05) is 50.4 Å². The standard InChI is InChI=1S/C17H27NO2S.C15H22ClNO3S.C14H19N3O6S/c1-12(2)16-6-8-18(9-7-16)21(19,20)17-14(4)10-13(3)11-15(17)5;1-11(2)12-6-8-17(9-7-12)21(18,19)15-10-13(16)4-5-14(15)20-3;1-10(2)11-5-7-15(8-6-11)24(22,23)14-4-3-12(16(18)19)9-13(14)17(20)21/h10-12,16H,6-9H2,1-5H3;4-5,10-12H,6-9H2,1-3H3;3-4,9-11H,5-8H2,1-2H3. The minimum Gasteiger partial charge on any atom is -0.495 e. The molecule has 66 heavy (non-hydrogen) atoms. The highest BCUT2D eigenvalue weighted by atomic mass is 35.5. The Kier molecular flexibility index (Phi) is 19.2. The van der Waals surface area contributed by atoms with E-state index >= 15 is 0 Å². The molecule has 16 nitrogen and oxygen atoms in total. The third-order valence-corrected chi connectivity index (χ3v) is 19.5. The molecular weight excluding hydrogens is 930 g/mol. The monoisotopic (exact) mass is 997 g/mol. The summed E-state index contributed by atoms with van der Waals surface area (Å²) in [5.41, 5.74) is 1.55. The van der Waals surface area contributed by atoms with Crippen LogP contribution in [-0.4, -0.2) is 94.4 Å². The molecule has 0 aliphatic carbocycles. The molecule has 20 heteroatoms. The van der Waals surface area contributed by atoms with Crippen molar-refractivity contribution in [1.29, 1.82) is 0 Å². The third-order valence-electron chi connectivity index (χ3n) is 13.2. The first-order valence-electron chi connectivity index (χ1n) is 22.6. The number of hydrogen-bond donors (Lipinski definition) is 0. The van der Waals surface area contributed by atoms with Gasteiger partial charge in [0.15, 0.2) is 4.90 Å². The van der Waals surface area contributed by atoms with Crippen LogP contribution in [0.3, 0.4) is 0 Å². The minimum atomic E-state index is -4.06. The lowest BCUT2D eigenvalue weighted by Gasteiger charge is -2.33. The average Bonchev–Trinajstić information content (AvgIpc) is 3.26. The lowest BCUT2D eigenvalue weighted by Crippen LogP contribution is -2.40. The fraction of sp³-hybridized carbons (Fsp3) is 0.609. The Morgan fingerprint density at radius 2 is 0.970 bits per heavy atom. The van der Waals surface area contributed by atoms with Gasteiger partial charge >= 0.3 is 0 Å². The molecule has 0 aromatic heterocycles. The summed E-state index contributed by atoms with van der Waals surface area (Å²) in [5, 5.41) is 22.3. The molecular formula is C46H68ClN5O11S3. The molecule has 3 heterocycles. The molecule has 0 atom stereocenters. The molecule has 3 aromatic rings. The summed E-state index contributed by atoms with van der Waals surface area (Å²) in [5.74, 6) is 3.68. The molecule has 3 saturated heterocycles. The van der Waals surface area contributed by atoms with Crippen molar-refractivity contribution in [2.75, 3.05) is 46.4 Å². The Morgan fingerprint density at radius 1 is 0.576 bits per heavy atom. The Balaban J connectivity index is 0.000000217. The summed E-state index contributed by atoms with van der Waals surface area (Å²) in [4.78, 5) is 20.4. The van der Waals surface area contributed by atoms with Crippen molar-refractivity contribution >= 4 is 53.0 Å². The SMILES string of the molecule is CC(C)C1CCN(S(=O)(=O)c2ccc([N+](=O)[O-])cc2[N+](=O)[O-])CC1.COc1ccc(Cl)cc1S(=O)(=O)N1CCC(C(C)C)CC1.Cc1cc(C)c(S(=O)(=O)N2CCC(C(C)C)CC2)c(C)c1. The van der Waals surface area contributed by atoms with Crippen LogP contribution in [0, 0.1) is 76.5 Å². The number of halogens is 1. The molecule has 0 saturated carbocycles. The van der Waals surface area contributed by atoms with Crippen LogP contribution in [-0.2, 0) is 30.1 Å². The Labute approximate surface area is 397 Å². The van der Waals surface area contributed by atoms with Gasteiger partial charge in [-0.15, -0.1) is 0 Å². The Hall–Kier alpha value is -3.72. The summed E-state index contributed by atoms with van der Waals surface area (Å²) in [6.07, 6.45) is 5.14. The molecule has 0 bridgehead atoms. The van der Waals surface area contributed by atoms with E-state index in [2.05, 4.69) is 41.5 Å². The maximum absolute atomic E-state index is 12.9. The van der Waals surface area contributed by atoms with Crippen LogP contribution in [0.5, 0.6) is 5.75 Å². The molecule has 3 aliphatic rings. The first-order chi connectivity index (χ1) is 30.7. The molecule has 368 valence electrons. The van der Waals surface area contributed by atoms with Gasteiger partial charge in [-0.05, 0) is 130 Å². The number of benzene rings is 3. The van der Waals surface area contributed by atoms with Gasteiger partial charge in [-0.2, -0.15) is 12.9 Å². The summed E-state index contributed by atoms with van der Waals surface area (Å²) < 4.78 is 86.5. The van der Waals surface area contributed by atoms with Crippen LogP contribution in [0.4, 0.5) is 11.4 Å². The number of sulfonamides is 3. The van der Waals surface area contributed by atoms with Crippen LogP contribution in [0.1, 0.15) is 96.8 Å². The highest BCUT2D eigenvalue weighted by molar-refractivity contribution is 7.89. The van der Waals surface area contributed by atoms with Crippen molar-refractivity contribution in [2.24, 2.45) is 35.5 Å². The van der Waals surface area contributed by atoms with E-state index in [4.69, 9.17) is 16.3 Å². The largest absolute Gasteiger partial charge is 0.495 e. The Bertz CT molecular complexity index is 2490. The lowest BCUT2D eigenvalue weighted by atomic mass is 9.87. The van der Waals surface area contributed by atoms with E-state index in [-0.39, 0.29) is 4.90 Å². The van der Waals surface area contributed by atoms with Crippen molar-refractivity contribution in [1.82, 2.24) is 12.9 Å². The van der Waals surface area contributed by atoms with E-state index in [9.17, 15) is 45.5 Å². The topological polar surface area (TPSA) is 208 Å². The van der Waals surface area contributed by atoms with E-state index in [0.29, 0.717) is 109 Å². The number of ether oxygens (including phenoxy) is 1. The van der Waals surface area contributed by atoms with Crippen molar-refractivity contribution in [3.8, 4) is 5.75 Å². The smallest absolute Gasteiger partial charge is 0.296 e. The average molecular weight is 999 g/mol. The molecule has 0 N–H and O–H groups in total. The first kappa shape index (κ1) is 54.9. The van der Waals surface area contributed by atoms with Crippen molar-refractivity contribution in [3.05, 3.63) is 90.5 Å². The second kappa shape index (κ2) is 23.1. The van der Waals surface area contributed by atoms with E-state index in [1.807, 2.05) is 32.9 Å². The molecule has 0 radical (unpaired) electrons. The van der Waals surface area contributed by atoms with Gasteiger partial charge in [0.25, 0.3) is 11.4 Å². The fourth-order valence-corrected chi connectivity index (χ4v) is 14.5. The molecule has 0 amide bonds. The van der Waals surface area contributed by atoms with Crippen LogP contribution in [0.25, 0.3) is 0 Å². The first-order valence-corrected chi connectivity index (χ1v) is 27.3. The number of methoxy groups -OCH3 is 1. The number of nitrogens with zero attached hydrogens (tertiary/aromatic N) is 5. The second-order valence-corrected chi connectivity index (χ2v) is 24.8. The Morgan fingerprint density at radius 3 is 1.33 bits per heavy atom. The molecule has 3 aliphatic heterocycles. The molecule has 3 aromatic carbocycles. The van der Waals surface area contributed by atoms with Crippen LogP contribution in [0.2, 0.25) is 5.02 Å². The van der Waals surface area contributed by atoms with Crippen molar-refractivity contribution in [2.45, 2.75) is 116 Å². The lowest BCUT2D eigenvalue weighted by molar-refractivity contribution is -0.396. The van der Waals surface area contributed by atoms with Gasteiger partial charge in [0.1, 0.15) is 10.6 Å². The highest BCUT2D eigenvalue weighted by Gasteiger charge is 2.37. The number of nitro groups is 2. The van der Waals surface area contributed by atoms with Gasteiger partial charge < -0.3 is 4.74 Å². The van der Waals surface area contributed by atoms with Crippen LogP contribution >= 0.6 is 11.6 Å². The minimum absolute atomic E-state index is 0.153. The van der Waals surface area contributed by atoms with E-state index < -0.39 is 56.2 Å². The van der Waals surface area contributed by atoms with E-state index in [1.165, 1.54) is 17.5 Å². The van der Waals surface area contributed by atoms with Crippen molar-refractivity contribution < 1.29 is 39.8 Å². The number of non-ortho nitro benzene ring substituents is 1. The zero-order valence-electron chi connectivity index (χ0n) is 39.9. The zero-order chi connectivity index (χ0) is 49.5. The quantitative estimate of drug-likeness (QED) is 0.123. The van der Waals surface area contributed by atoms with Crippen LogP contribution < -0.4 is 4.74 Å². The second-order valence-electron chi connectivity index (χ2n) is 18.6. The van der Waals surface area contributed by atoms with Gasteiger partial charge in [-0.1, -0.05) is 70.8 Å². The van der Waals surface area contributed by atoms with Crippen LogP contribution in [0.15, 0.2) is 63.2 Å². The van der Waals surface area contributed by atoms with Gasteiger partial charge in [-0.3, -0.25) is 20.2 Å². The van der Waals surface area contributed by atoms with Gasteiger partial charge in [-0.25, -0.2) is 25.3 Å². The summed E-state index contributed by atoms with van der Waals surface area (Å²) in [6.45, 7) is 21.8. The highest BCUT2D eigenvalue weighted by Crippen LogP contribution is 2.36. The summed E-state index contributed by atoms with van der Waals surface area (Å²) in [7, 11) is -9.50. The third kappa shape index (κ3) is 13.3. The predicted octanol–water partition coefficient (Wildman–Crippen LogP) is 9.63.